The molecule has 1 aromatic rings. The molecular weight excluding hydrogens is 258 g/mol. The van der Waals surface area contributed by atoms with Gasteiger partial charge in [0.05, 0.1) is 19.0 Å². The third-order valence-electron chi connectivity index (χ3n) is 3.44. The van der Waals surface area contributed by atoms with Crippen LogP contribution in [0.5, 0.6) is 5.75 Å². The zero-order valence-electron chi connectivity index (χ0n) is 11.7. The van der Waals surface area contributed by atoms with E-state index in [2.05, 4.69) is 0 Å². The number of hydrogen-bond donors (Lipinski definition) is 2. The number of benzene rings is 1. The van der Waals surface area contributed by atoms with Crippen LogP contribution in [0.4, 0.5) is 10.5 Å². The molecule has 1 aromatic carbocycles. The third-order valence-corrected chi connectivity index (χ3v) is 3.44. The highest BCUT2D eigenvalue weighted by atomic mass is 16.6. The molecule has 4 N–H and O–H groups in total. The van der Waals surface area contributed by atoms with Crippen LogP contribution in [0.1, 0.15) is 24.8 Å². The molecule has 1 heterocycles. The molecule has 1 aliphatic rings. The van der Waals surface area contributed by atoms with E-state index in [1.165, 1.54) is 0 Å². The Hall–Kier alpha value is -1.95. The van der Waals surface area contributed by atoms with Gasteiger partial charge in [-0.25, -0.2) is 4.79 Å². The summed E-state index contributed by atoms with van der Waals surface area (Å²) in [6.07, 6.45) is 2.24. The number of likely N-dealkylation sites (tertiary alicyclic amines) is 1. The van der Waals surface area contributed by atoms with E-state index in [9.17, 15) is 4.79 Å². The minimum atomic E-state index is -0.368. The number of hydrogen-bond acceptors (Lipinski definition) is 5. The summed E-state index contributed by atoms with van der Waals surface area (Å²) in [6.45, 7) is 0.837. The first kappa shape index (κ1) is 14.5. The van der Waals surface area contributed by atoms with Crippen LogP contribution in [0.25, 0.3) is 0 Å². The number of methoxy groups -OCH3 is 1. The van der Waals surface area contributed by atoms with Gasteiger partial charge in [-0.3, -0.25) is 4.90 Å². The monoisotopic (exact) mass is 279 g/mol. The molecule has 1 saturated heterocycles. The fourth-order valence-electron chi connectivity index (χ4n) is 2.26. The number of nitrogen functional groups attached to an aromatic ring is 1. The highest BCUT2D eigenvalue weighted by Gasteiger charge is 2.24. The van der Waals surface area contributed by atoms with Crippen molar-refractivity contribution >= 4 is 11.8 Å². The summed E-state index contributed by atoms with van der Waals surface area (Å²) >= 11 is 0. The molecular formula is C14H21N3O3. The number of piperidine rings is 1. The molecule has 6 heteroatoms. The third kappa shape index (κ3) is 3.33. The number of carbonyl (C=O) groups is 1. The second kappa shape index (κ2) is 6.47. The Kier molecular flexibility index (Phi) is 4.68. The lowest BCUT2D eigenvalue weighted by atomic mass is 10.1. The first-order valence-corrected chi connectivity index (χ1v) is 6.73. The van der Waals surface area contributed by atoms with Crippen molar-refractivity contribution in [3.8, 4) is 5.75 Å². The summed E-state index contributed by atoms with van der Waals surface area (Å²) in [4.78, 5) is 13.6. The Morgan fingerprint density at radius 1 is 1.45 bits per heavy atom. The largest absolute Gasteiger partial charge is 0.495 e. The summed E-state index contributed by atoms with van der Waals surface area (Å²) in [7, 11) is 1.55. The fourth-order valence-corrected chi connectivity index (χ4v) is 2.26. The highest BCUT2D eigenvalue weighted by molar-refractivity contribution is 5.68. The molecule has 1 atom stereocenters. The predicted octanol–water partition coefficient (Wildman–Crippen LogP) is 1.68. The van der Waals surface area contributed by atoms with Crippen molar-refractivity contribution in [1.82, 2.24) is 4.90 Å². The Balaban J connectivity index is 1.92. The lowest BCUT2D eigenvalue weighted by Crippen LogP contribution is -2.48. The Morgan fingerprint density at radius 3 is 2.95 bits per heavy atom. The molecule has 0 saturated carbocycles. The van der Waals surface area contributed by atoms with Gasteiger partial charge in [0.1, 0.15) is 12.4 Å². The standard InChI is InChI=1S/C14H21N3O3/c1-19-12-8-10(5-6-11(12)15)9-20-14(18)17-7-3-2-4-13(17)16/h5-6,8,13H,2-4,7,9,15-16H2,1H3. The van der Waals surface area contributed by atoms with Crippen molar-refractivity contribution < 1.29 is 14.3 Å². The van der Waals surface area contributed by atoms with Gasteiger partial charge in [-0.15, -0.1) is 0 Å². The smallest absolute Gasteiger partial charge is 0.411 e. The zero-order chi connectivity index (χ0) is 14.5. The van der Waals surface area contributed by atoms with E-state index >= 15 is 0 Å². The van der Waals surface area contributed by atoms with Gasteiger partial charge in [0.15, 0.2) is 0 Å². The van der Waals surface area contributed by atoms with Crippen LogP contribution in [0.3, 0.4) is 0 Å². The first-order chi connectivity index (χ1) is 9.61. The van der Waals surface area contributed by atoms with Gasteiger partial charge in [-0.2, -0.15) is 0 Å². The molecule has 1 unspecified atom stereocenters. The average molecular weight is 279 g/mol. The Morgan fingerprint density at radius 2 is 2.25 bits per heavy atom. The predicted molar refractivity (Wildman–Crippen MR) is 76.1 cm³/mol. The summed E-state index contributed by atoms with van der Waals surface area (Å²) < 4.78 is 10.4. The number of carbonyl (C=O) groups excluding carboxylic acids is 1. The first-order valence-electron chi connectivity index (χ1n) is 6.73. The number of rotatable bonds is 3. The van der Waals surface area contributed by atoms with Crippen molar-refractivity contribution in [3.63, 3.8) is 0 Å². The molecule has 20 heavy (non-hydrogen) atoms. The van der Waals surface area contributed by atoms with E-state index in [1.807, 2.05) is 0 Å². The molecule has 1 aliphatic heterocycles. The summed E-state index contributed by atoms with van der Waals surface area (Å²) in [5.41, 5.74) is 13.0. The Labute approximate surface area is 118 Å². The molecule has 1 fully saturated rings. The number of ether oxygens (including phenoxy) is 2. The van der Waals surface area contributed by atoms with Crippen LogP contribution >= 0.6 is 0 Å². The summed E-state index contributed by atoms with van der Waals surface area (Å²) in [5.74, 6) is 0.577. The van der Waals surface area contributed by atoms with Gasteiger partial charge in [-0.1, -0.05) is 6.07 Å². The van der Waals surface area contributed by atoms with Gasteiger partial charge in [0, 0.05) is 6.54 Å². The molecule has 110 valence electrons. The van der Waals surface area contributed by atoms with Crippen LogP contribution < -0.4 is 16.2 Å². The summed E-state index contributed by atoms with van der Waals surface area (Å²) in [5, 5.41) is 0. The van der Waals surface area contributed by atoms with Crippen molar-refractivity contribution in [3.05, 3.63) is 23.8 Å². The number of anilines is 1. The maximum atomic E-state index is 12.0. The molecule has 0 radical (unpaired) electrons. The molecule has 6 nitrogen and oxygen atoms in total. The molecule has 2 rings (SSSR count). The van der Waals surface area contributed by atoms with Crippen molar-refractivity contribution in [2.75, 3.05) is 19.4 Å². The number of nitrogens with two attached hydrogens (primary N) is 2. The highest BCUT2D eigenvalue weighted by Crippen LogP contribution is 2.23. The van der Waals surface area contributed by atoms with Crippen LogP contribution in [-0.4, -0.2) is 30.8 Å². The Bertz CT molecular complexity index is 479. The second-order valence-corrected chi connectivity index (χ2v) is 4.89. The van der Waals surface area contributed by atoms with Crippen LogP contribution in [-0.2, 0) is 11.3 Å². The van der Waals surface area contributed by atoms with Crippen molar-refractivity contribution in [2.24, 2.45) is 5.73 Å². The van der Waals surface area contributed by atoms with Gasteiger partial charge in [0.2, 0.25) is 0 Å². The fraction of sp³-hybridized carbons (Fsp3) is 0.500. The van der Waals surface area contributed by atoms with E-state index in [-0.39, 0.29) is 18.9 Å². The molecule has 1 amide bonds. The van der Waals surface area contributed by atoms with Crippen molar-refractivity contribution in [1.29, 1.82) is 0 Å². The quantitative estimate of drug-likeness (QED) is 0.821. The lowest BCUT2D eigenvalue weighted by molar-refractivity contribution is 0.0695. The number of amides is 1. The SMILES string of the molecule is COc1cc(COC(=O)N2CCCCC2N)ccc1N. The van der Waals surface area contributed by atoms with Crippen LogP contribution in [0.15, 0.2) is 18.2 Å². The normalized spacial score (nSPS) is 18.7. The summed E-state index contributed by atoms with van der Waals surface area (Å²) in [6, 6.07) is 5.30. The minimum Gasteiger partial charge on any atom is -0.495 e. The van der Waals surface area contributed by atoms with E-state index in [0.717, 1.165) is 24.8 Å². The van der Waals surface area contributed by atoms with Crippen molar-refractivity contribution in [2.45, 2.75) is 32.0 Å². The van der Waals surface area contributed by atoms with Crippen LogP contribution in [0.2, 0.25) is 0 Å². The van der Waals surface area contributed by atoms with Gasteiger partial charge in [-0.05, 0) is 37.0 Å². The van der Waals surface area contributed by atoms with Gasteiger partial charge in [0.25, 0.3) is 0 Å². The molecule has 0 spiro atoms. The molecule has 0 bridgehead atoms. The minimum absolute atomic E-state index is 0.179. The molecule has 0 aromatic heterocycles. The zero-order valence-corrected chi connectivity index (χ0v) is 11.7. The van der Waals surface area contributed by atoms with E-state index in [1.54, 1.807) is 30.2 Å². The van der Waals surface area contributed by atoms with Gasteiger partial charge < -0.3 is 20.9 Å². The van der Waals surface area contributed by atoms with E-state index in [4.69, 9.17) is 20.9 Å². The van der Waals surface area contributed by atoms with Crippen LogP contribution in [0, 0.1) is 0 Å². The maximum absolute atomic E-state index is 12.0. The number of nitrogens with zero attached hydrogens (tertiary/aromatic N) is 1. The maximum Gasteiger partial charge on any atom is 0.411 e. The lowest BCUT2D eigenvalue weighted by Gasteiger charge is -2.32. The second-order valence-electron chi connectivity index (χ2n) is 4.89. The average Bonchev–Trinajstić information content (AvgIpc) is 2.46. The van der Waals surface area contributed by atoms with E-state index in [0.29, 0.717) is 18.0 Å². The van der Waals surface area contributed by atoms with E-state index < -0.39 is 0 Å². The van der Waals surface area contributed by atoms with Gasteiger partial charge >= 0.3 is 6.09 Å². The molecule has 0 aliphatic carbocycles. The topological polar surface area (TPSA) is 90.8 Å².